The minimum Gasteiger partial charge on any atom is -0.307 e. The van der Waals surface area contributed by atoms with Crippen molar-refractivity contribution in [1.82, 2.24) is 15.3 Å². The van der Waals surface area contributed by atoms with Crippen LogP contribution in [0.15, 0.2) is 36.8 Å². The molecule has 0 aromatic carbocycles. The van der Waals surface area contributed by atoms with E-state index in [-0.39, 0.29) is 0 Å². The van der Waals surface area contributed by atoms with E-state index in [2.05, 4.69) is 28.3 Å². The third-order valence-corrected chi connectivity index (χ3v) is 2.92. The van der Waals surface area contributed by atoms with Gasteiger partial charge in [-0.1, -0.05) is 17.7 Å². The molecular weight excluding hydrogens is 234 g/mol. The van der Waals surface area contributed by atoms with Crippen molar-refractivity contribution in [2.75, 3.05) is 0 Å². The lowest BCUT2D eigenvalue weighted by Crippen LogP contribution is -2.14. The monoisotopic (exact) mass is 247 g/mol. The summed E-state index contributed by atoms with van der Waals surface area (Å²) >= 11 is 6.02. The number of hydrogen-bond donors (Lipinski definition) is 1. The van der Waals surface area contributed by atoms with Gasteiger partial charge in [-0.05, 0) is 30.2 Å². The molecule has 2 rings (SSSR count). The van der Waals surface area contributed by atoms with E-state index < -0.39 is 0 Å². The van der Waals surface area contributed by atoms with Gasteiger partial charge in [0.15, 0.2) is 0 Å². The minimum atomic E-state index is 0.692. The van der Waals surface area contributed by atoms with Gasteiger partial charge in [-0.2, -0.15) is 0 Å². The van der Waals surface area contributed by atoms with E-state index in [4.69, 9.17) is 11.6 Å². The molecule has 0 aliphatic heterocycles. The predicted molar refractivity (Wildman–Crippen MR) is 68.8 cm³/mol. The standard InChI is InChI=1S/C13H14ClN3/c1-10-3-2-5-17-13(10)9-16-7-11-4-6-15-8-12(11)14/h2-6,8,16H,7,9H2,1H3. The van der Waals surface area contributed by atoms with Gasteiger partial charge in [0, 0.05) is 31.7 Å². The lowest BCUT2D eigenvalue weighted by Gasteiger charge is -2.07. The quantitative estimate of drug-likeness (QED) is 0.903. The summed E-state index contributed by atoms with van der Waals surface area (Å²) in [4.78, 5) is 8.28. The molecule has 2 heterocycles. The predicted octanol–water partition coefficient (Wildman–Crippen LogP) is 2.73. The van der Waals surface area contributed by atoms with Gasteiger partial charge in [-0.15, -0.1) is 0 Å². The fourth-order valence-corrected chi connectivity index (χ4v) is 1.75. The highest BCUT2D eigenvalue weighted by Crippen LogP contribution is 2.13. The molecular formula is C13H14ClN3. The fraction of sp³-hybridized carbons (Fsp3) is 0.231. The molecule has 0 amide bonds. The van der Waals surface area contributed by atoms with E-state index in [9.17, 15) is 0 Å². The topological polar surface area (TPSA) is 37.8 Å². The maximum atomic E-state index is 6.02. The average Bonchev–Trinajstić information content (AvgIpc) is 2.34. The zero-order valence-corrected chi connectivity index (χ0v) is 10.4. The number of hydrogen-bond acceptors (Lipinski definition) is 3. The van der Waals surface area contributed by atoms with Crippen LogP contribution in [0, 0.1) is 6.92 Å². The van der Waals surface area contributed by atoms with Crippen LogP contribution in [-0.4, -0.2) is 9.97 Å². The molecule has 3 nitrogen and oxygen atoms in total. The molecule has 0 saturated heterocycles. The largest absolute Gasteiger partial charge is 0.307 e. The molecule has 0 atom stereocenters. The van der Waals surface area contributed by atoms with Crippen LogP contribution in [0.2, 0.25) is 5.02 Å². The second-order valence-electron chi connectivity index (χ2n) is 3.84. The summed E-state index contributed by atoms with van der Waals surface area (Å²) < 4.78 is 0. The highest BCUT2D eigenvalue weighted by molar-refractivity contribution is 6.31. The maximum absolute atomic E-state index is 6.02. The Bertz CT molecular complexity index is 454. The molecule has 17 heavy (non-hydrogen) atoms. The molecule has 2 aromatic heterocycles. The Morgan fingerprint density at radius 2 is 2.12 bits per heavy atom. The van der Waals surface area contributed by atoms with Crippen molar-refractivity contribution in [3.63, 3.8) is 0 Å². The summed E-state index contributed by atoms with van der Waals surface area (Å²) in [6.07, 6.45) is 5.21. The smallest absolute Gasteiger partial charge is 0.0634 e. The Balaban J connectivity index is 1.93. The summed E-state index contributed by atoms with van der Waals surface area (Å²) in [5.74, 6) is 0. The SMILES string of the molecule is Cc1cccnc1CNCc1ccncc1Cl. The number of nitrogens with zero attached hydrogens (tertiary/aromatic N) is 2. The van der Waals surface area contributed by atoms with Crippen LogP contribution in [0.25, 0.3) is 0 Å². The third-order valence-electron chi connectivity index (χ3n) is 2.58. The number of aryl methyl sites for hydroxylation is 1. The number of rotatable bonds is 4. The lowest BCUT2D eigenvalue weighted by atomic mass is 10.2. The van der Waals surface area contributed by atoms with Crippen molar-refractivity contribution in [2.45, 2.75) is 20.0 Å². The van der Waals surface area contributed by atoms with Gasteiger partial charge in [-0.3, -0.25) is 9.97 Å². The average molecular weight is 248 g/mol. The molecule has 0 aliphatic carbocycles. The number of nitrogens with one attached hydrogen (secondary N) is 1. The molecule has 0 bridgehead atoms. The van der Waals surface area contributed by atoms with Crippen LogP contribution in [-0.2, 0) is 13.1 Å². The van der Waals surface area contributed by atoms with E-state index in [1.165, 1.54) is 5.56 Å². The number of pyridine rings is 2. The van der Waals surface area contributed by atoms with Crippen LogP contribution < -0.4 is 5.32 Å². The van der Waals surface area contributed by atoms with Crippen molar-refractivity contribution in [1.29, 1.82) is 0 Å². The Labute approximate surface area is 106 Å². The Hall–Kier alpha value is -1.45. The first-order valence-electron chi connectivity index (χ1n) is 5.47. The maximum Gasteiger partial charge on any atom is 0.0634 e. The molecule has 0 saturated carbocycles. The molecule has 0 aliphatic rings. The normalized spacial score (nSPS) is 10.5. The van der Waals surface area contributed by atoms with Crippen LogP contribution in [0.5, 0.6) is 0 Å². The first-order chi connectivity index (χ1) is 8.27. The zero-order valence-electron chi connectivity index (χ0n) is 9.65. The van der Waals surface area contributed by atoms with Crippen LogP contribution >= 0.6 is 11.6 Å². The van der Waals surface area contributed by atoms with E-state index in [0.29, 0.717) is 5.02 Å². The Morgan fingerprint density at radius 3 is 2.88 bits per heavy atom. The fourth-order valence-electron chi connectivity index (χ4n) is 1.57. The van der Waals surface area contributed by atoms with Gasteiger partial charge in [0.1, 0.15) is 0 Å². The molecule has 0 spiro atoms. The van der Waals surface area contributed by atoms with E-state index >= 15 is 0 Å². The second kappa shape index (κ2) is 5.75. The summed E-state index contributed by atoms with van der Waals surface area (Å²) in [5.41, 5.74) is 3.31. The summed E-state index contributed by atoms with van der Waals surface area (Å²) in [7, 11) is 0. The van der Waals surface area contributed by atoms with Crippen LogP contribution in [0.4, 0.5) is 0 Å². The van der Waals surface area contributed by atoms with Crippen LogP contribution in [0.1, 0.15) is 16.8 Å². The van der Waals surface area contributed by atoms with Crippen LogP contribution in [0.3, 0.4) is 0 Å². The van der Waals surface area contributed by atoms with E-state index in [0.717, 1.165) is 24.3 Å². The zero-order chi connectivity index (χ0) is 12.1. The second-order valence-corrected chi connectivity index (χ2v) is 4.24. The Kier molecular flexibility index (Phi) is 4.07. The van der Waals surface area contributed by atoms with Crippen molar-refractivity contribution in [3.8, 4) is 0 Å². The molecule has 2 aromatic rings. The van der Waals surface area contributed by atoms with Gasteiger partial charge >= 0.3 is 0 Å². The minimum absolute atomic E-state index is 0.692. The van der Waals surface area contributed by atoms with Crippen molar-refractivity contribution in [3.05, 3.63) is 58.6 Å². The van der Waals surface area contributed by atoms with E-state index in [1.807, 2.05) is 18.3 Å². The molecule has 0 radical (unpaired) electrons. The highest BCUT2D eigenvalue weighted by Gasteiger charge is 2.01. The highest BCUT2D eigenvalue weighted by atomic mass is 35.5. The van der Waals surface area contributed by atoms with Crippen molar-refractivity contribution >= 4 is 11.6 Å². The first kappa shape index (κ1) is 12.0. The molecule has 1 N–H and O–H groups in total. The summed E-state index contributed by atoms with van der Waals surface area (Å²) in [6, 6.07) is 5.92. The van der Waals surface area contributed by atoms with Crippen molar-refractivity contribution in [2.24, 2.45) is 0 Å². The van der Waals surface area contributed by atoms with E-state index in [1.54, 1.807) is 12.4 Å². The number of halogens is 1. The molecule has 0 unspecified atom stereocenters. The van der Waals surface area contributed by atoms with Gasteiger partial charge in [-0.25, -0.2) is 0 Å². The molecule has 0 fully saturated rings. The van der Waals surface area contributed by atoms with Crippen molar-refractivity contribution < 1.29 is 0 Å². The van der Waals surface area contributed by atoms with Gasteiger partial charge < -0.3 is 5.32 Å². The first-order valence-corrected chi connectivity index (χ1v) is 5.85. The lowest BCUT2D eigenvalue weighted by molar-refractivity contribution is 0.676. The number of aromatic nitrogens is 2. The van der Waals surface area contributed by atoms with Gasteiger partial charge in [0.05, 0.1) is 10.7 Å². The summed E-state index contributed by atoms with van der Waals surface area (Å²) in [6.45, 7) is 3.52. The Morgan fingerprint density at radius 1 is 1.24 bits per heavy atom. The molecule has 88 valence electrons. The molecule has 4 heteroatoms. The van der Waals surface area contributed by atoms with Gasteiger partial charge in [0.25, 0.3) is 0 Å². The third kappa shape index (κ3) is 3.25. The van der Waals surface area contributed by atoms with Gasteiger partial charge in [0.2, 0.25) is 0 Å². The summed E-state index contributed by atoms with van der Waals surface area (Å²) in [5, 5.41) is 4.02.